The molecule has 30 heavy (non-hydrogen) atoms. The average molecular weight is 423 g/mol. The Morgan fingerprint density at radius 2 is 2.10 bits per heavy atom. The highest BCUT2D eigenvalue weighted by molar-refractivity contribution is 7.16. The second-order valence-corrected chi connectivity index (χ2v) is 8.76. The van der Waals surface area contributed by atoms with E-state index < -0.39 is 0 Å². The van der Waals surface area contributed by atoms with Crippen LogP contribution in [-0.2, 0) is 26.0 Å². The molecule has 0 radical (unpaired) electrons. The maximum absolute atomic E-state index is 12.4. The van der Waals surface area contributed by atoms with Gasteiger partial charge in [-0.3, -0.25) is 9.20 Å². The van der Waals surface area contributed by atoms with Gasteiger partial charge in [-0.05, 0) is 55.9 Å². The molecular weight excluding hydrogens is 400 g/mol. The molecule has 3 heterocycles. The van der Waals surface area contributed by atoms with Gasteiger partial charge in [0.05, 0.1) is 12.2 Å². The molecule has 1 amide bonds. The van der Waals surface area contributed by atoms with E-state index in [1.165, 1.54) is 28.8 Å². The van der Waals surface area contributed by atoms with Crippen molar-refractivity contribution in [3.05, 3.63) is 69.8 Å². The molecule has 0 saturated carbocycles. The van der Waals surface area contributed by atoms with Crippen LogP contribution in [0, 0.1) is 6.92 Å². The molecule has 0 unspecified atom stereocenters. The SMILES string of the molecule is Cc1cn2cc(CNC(=O)c3cc(COc4ccc5c(c4)CCCC5)on3)nc2s1. The predicted molar refractivity (Wildman–Crippen MR) is 113 cm³/mol. The standard InChI is InChI=1S/C22H22N4O3S/c1-14-11-26-12-17(24-22(26)30-14)10-23-21(27)20-9-19(29-25-20)13-28-18-7-6-15-4-2-3-5-16(15)8-18/h6-9,11-12H,2-5,10,13H2,1H3,(H,23,27). The fourth-order valence-electron chi connectivity index (χ4n) is 3.75. The average Bonchev–Trinajstić information content (AvgIpc) is 3.45. The van der Waals surface area contributed by atoms with Crippen LogP contribution < -0.4 is 10.1 Å². The van der Waals surface area contributed by atoms with Crippen molar-refractivity contribution in [3.8, 4) is 5.75 Å². The normalized spacial score (nSPS) is 13.4. The van der Waals surface area contributed by atoms with Gasteiger partial charge in [-0.1, -0.05) is 11.2 Å². The van der Waals surface area contributed by atoms with Gasteiger partial charge < -0.3 is 14.6 Å². The Bertz CT molecular complexity index is 1170. The van der Waals surface area contributed by atoms with E-state index in [-0.39, 0.29) is 18.2 Å². The molecule has 4 aromatic rings. The third-order valence-electron chi connectivity index (χ3n) is 5.24. The number of aromatic nitrogens is 3. The van der Waals surface area contributed by atoms with Crippen LogP contribution in [-0.4, -0.2) is 20.4 Å². The summed E-state index contributed by atoms with van der Waals surface area (Å²) in [6.07, 6.45) is 8.67. The zero-order valence-electron chi connectivity index (χ0n) is 16.7. The highest BCUT2D eigenvalue weighted by atomic mass is 32.1. The molecule has 7 nitrogen and oxygen atoms in total. The van der Waals surface area contributed by atoms with Gasteiger partial charge in [0.2, 0.25) is 0 Å². The number of carbonyl (C=O) groups excluding carboxylic acids is 1. The number of hydrogen-bond acceptors (Lipinski definition) is 6. The van der Waals surface area contributed by atoms with Crippen LogP contribution in [0.4, 0.5) is 0 Å². The summed E-state index contributed by atoms with van der Waals surface area (Å²) in [5.41, 5.74) is 3.82. The van der Waals surface area contributed by atoms with Gasteiger partial charge >= 0.3 is 0 Å². The summed E-state index contributed by atoms with van der Waals surface area (Å²) in [4.78, 5) is 19.0. The summed E-state index contributed by atoms with van der Waals surface area (Å²) in [5.74, 6) is 1.02. The number of nitrogens with zero attached hydrogens (tertiary/aromatic N) is 3. The lowest BCUT2D eigenvalue weighted by molar-refractivity contribution is 0.0941. The third kappa shape index (κ3) is 3.95. The zero-order valence-corrected chi connectivity index (χ0v) is 17.5. The van der Waals surface area contributed by atoms with Crippen molar-refractivity contribution in [2.75, 3.05) is 0 Å². The van der Waals surface area contributed by atoms with Gasteiger partial charge in [0, 0.05) is 23.3 Å². The van der Waals surface area contributed by atoms with Crippen LogP contribution >= 0.6 is 11.3 Å². The summed E-state index contributed by atoms with van der Waals surface area (Å²) >= 11 is 1.62. The molecule has 0 fully saturated rings. The van der Waals surface area contributed by atoms with Crippen molar-refractivity contribution >= 4 is 22.2 Å². The van der Waals surface area contributed by atoms with Crippen LogP contribution in [0.2, 0.25) is 0 Å². The van der Waals surface area contributed by atoms with Crippen molar-refractivity contribution in [3.63, 3.8) is 0 Å². The Morgan fingerprint density at radius 1 is 1.23 bits per heavy atom. The lowest BCUT2D eigenvalue weighted by Gasteiger charge is -2.16. The van der Waals surface area contributed by atoms with Crippen molar-refractivity contribution < 1.29 is 14.1 Å². The number of nitrogens with one attached hydrogen (secondary N) is 1. The van der Waals surface area contributed by atoms with E-state index in [9.17, 15) is 4.79 Å². The number of imidazole rings is 1. The molecular formula is C22H22N4O3S. The molecule has 1 aliphatic carbocycles. The first-order valence-electron chi connectivity index (χ1n) is 10.1. The number of aryl methyl sites for hydroxylation is 3. The molecule has 0 bridgehead atoms. The smallest absolute Gasteiger partial charge is 0.273 e. The molecule has 3 aromatic heterocycles. The maximum atomic E-state index is 12.4. The molecule has 0 saturated heterocycles. The molecule has 1 aliphatic rings. The van der Waals surface area contributed by atoms with E-state index in [2.05, 4.69) is 27.6 Å². The number of fused-ring (bicyclic) bond motifs is 2. The zero-order chi connectivity index (χ0) is 20.5. The van der Waals surface area contributed by atoms with E-state index in [0.717, 1.165) is 29.2 Å². The second-order valence-electron chi connectivity index (χ2n) is 7.55. The third-order valence-corrected chi connectivity index (χ3v) is 6.16. The number of amides is 1. The molecule has 0 aliphatic heterocycles. The van der Waals surface area contributed by atoms with E-state index in [1.807, 2.05) is 29.8 Å². The number of thiazole rings is 1. The van der Waals surface area contributed by atoms with E-state index in [0.29, 0.717) is 12.3 Å². The molecule has 1 N–H and O–H groups in total. The highest BCUT2D eigenvalue weighted by Gasteiger charge is 2.15. The van der Waals surface area contributed by atoms with Gasteiger partial charge in [0.1, 0.15) is 12.4 Å². The highest BCUT2D eigenvalue weighted by Crippen LogP contribution is 2.26. The van der Waals surface area contributed by atoms with Gasteiger partial charge in [-0.25, -0.2) is 4.98 Å². The van der Waals surface area contributed by atoms with Crippen LogP contribution in [0.15, 0.2) is 41.2 Å². The minimum atomic E-state index is -0.300. The first kappa shape index (κ1) is 18.9. The fourth-order valence-corrected chi connectivity index (χ4v) is 4.58. The quantitative estimate of drug-likeness (QED) is 0.506. The molecule has 1 aromatic carbocycles. The van der Waals surface area contributed by atoms with Crippen LogP contribution in [0.1, 0.15) is 50.8 Å². The van der Waals surface area contributed by atoms with Gasteiger partial charge in [0.25, 0.3) is 5.91 Å². The van der Waals surface area contributed by atoms with Crippen molar-refractivity contribution in [2.24, 2.45) is 0 Å². The predicted octanol–water partition coefficient (Wildman–Crippen LogP) is 4.08. The first-order chi connectivity index (χ1) is 14.6. The van der Waals surface area contributed by atoms with Crippen molar-refractivity contribution in [1.29, 1.82) is 0 Å². The molecule has 0 atom stereocenters. The molecule has 0 spiro atoms. The first-order valence-corrected chi connectivity index (χ1v) is 10.9. The number of ether oxygens (including phenoxy) is 1. The Labute approximate surface area is 177 Å². The Morgan fingerprint density at radius 3 is 2.97 bits per heavy atom. The fraction of sp³-hybridized carbons (Fsp3) is 0.318. The van der Waals surface area contributed by atoms with E-state index in [1.54, 1.807) is 17.4 Å². The van der Waals surface area contributed by atoms with Crippen LogP contribution in [0.5, 0.6) is 5.75 Å². The topological polar surface area (TPSA) is 81.7 Å². The number of benzene rings is 1. The number of hydrogen-bond donors (Lipinski definition) is 1. The second kappa shape index (κ2) is 7.95. The Hall–Kier alpha value is -3.13. The molecule has 8 heteroatoms. The van der Waals surface area contributed by atoms with Crippen LogP contribution in [0.25, 0.3) is 4.96 Å². The molecule has 5 rings (SSSR count). The summed E-state index contributed by atoms with van der Waals surface area (Å²) in [6.45, 7) is 2.61. The van der Waals surface area contributed by atoms with Gasteiger partial charge in [-0.2, -0.15) is 0 Å². The number of rotatable bonds is 6. The molecule has 154 valence electrons. The lowest BCUT2D eigenvalue weighted by Crippen LogP contribution is -2.23. The summed E-state index contributed by atoms with van der Waals surface area (Å²) in [6, 6.07) is 7.86. The summed E-state index contributed by atoms with van der Waals surface area (Å²) in [5, 5.41) is 6.69. The minimum absolute atomic E-state index is 0.232. The Kier molecular flexibility index (Phi) is 5.00. The monoisotopic (exact) mass is 422 g/mol. The lowest BCUT2D eigenvalue weighted by atomic mass is 9.92. The summed E-state index contributed by atoms with van der Waals surface area (Å²) < 4.78 is 13.1. The van der Waals surface area contributed by atoms with Crippen LogP contribution in [0.3, 0.4) is 0 Å². The Balaban J connectivity index is 1.16. The largest absolute Gasteiger partial charge is 0.486 e. The van der Waals surface area contributed by atoms with Gasteiger partial charge in [0.15, 0.2) is 16.4 Å². The summed E-state index contributed by atoms with van der Waals surface area (Å²) in [7, 11) is 0. The van der Waals surface area contributed by atoms with Crippen molar-refractivity contribution in [1.82, 2.24) is 19.9 Å². The van der Waals surface area contributed by atoms with E-state index >= 15 is 0 Å². The maximum Gasteiger partial charge on any atom is 0.273 e. The van der Waals surface area contributed by atoms with E-state index in [4.69, 9.17) is 9.26 Å². The van der Waals surface area contributed by atoms with Gasteiger partial charge in [-0.15, -0.1) is 11.3 Å². The minimum Gasteiger partial charge on any atom is -0.486 e. The van der Waals surface area contributed by atoms with Crippen molar-refractivity contribution in [2.45, 2.75) is 45.8 Å². The number of carbonyl (C=O) groups is 1.